The highest BCUT2D eigenvalue weighted by atomic mass is 35.5. The highest BCUT2D eigenvalue weighted by molar-refractivity contribution is 6.35. The summed E-state index contributed by atoms with van der Waals surface area (Å²) in [7, 11) is 0. The first kappa shape index (κ1) is 11.3. The zero-order valence-electron chi connectivity index (χ0n) is 7.09. The number of amides is 1. The van der Waals surface area contributed by atoms with Gasteiger partial charge in [0.2, 0.25) is 0 Å². The first-order valence-electron chi connectivity index (χ1n) is 3.70. The van der Waals surface area contributed by atoms with E-state index in [2.05, 4.69) is 10.2 Å². The Bertz CT molecular complexity index is 344. The van der Waals surface area contributed by atoms with Gasteiger partial charge in [0, 0.05) is 5.02 Å². The molecule has 76 valence electrons. The van der Waals surface area contributed by atoms with Crippen molar-refractivity contribution in [1.82, 2.24) is 0 Å². The van der Waals surface area contributed by atoms with E-state index in [-0.39, 0.29) is 6.61 Å². The summed E-state index contributed by atoms with van der Waals surface area (Å²) in [4.78, 5) is 15.2. The van der Waals surface area contributed by atoms with Gasteiger partial charge in [0.15, 0.2) is 0 Å². The van der Waals surface area contributed by atoms with E-state index >= 15 is 0 Å². The molecular weight excluding hydrogens is 227 g/mol. The Morgan fingerprint density at radius 1 is 1.50 bits per heavy atom. The van der Waals surface area contributed by atoms with Gasteiger partial charge < -0.3 is 5.32 Å². The molecule has 1 aromatic rings. The third kappa shape index (κ3) is 3.16. The van der Waals surface area contributed by atoms with Crippen LogP contribution in [0.4, 0.5) is 5.69 Å². The molecule has 0 fully saturated rings. The van der Waals surface area contributed by atoms with Crippen molar-refractivity contribution in [2.75, 3.05) is 11.9 Å². The van der Waals surface area contributed by atoms with E-state index in [0.717, 1.165) is 0 Å². The highest BCUT2D eigenvalue weighted by Crippen LogP contribution is 2.25. The lowest BCUT2D eigenvalue weighted by Gasteiger charge is -2.06. The molecule has 1 amide bonds. The maximum absolute atomic E-state index is 11.1. The Morgan fingerprint density at radius 3 is 2.86 bits per heavy atom. The van der Waals surface area contributed by atoms with E-state index in [1.165, 1.54) is 6.07 Å². The Kier molecular flexibility index (Phi) is 4.16. The maximum Gasteiger partial charge on any atom is 0.252 e. The van der Waals surface area contributed by atoms with E-state index in [9.17, 15) is 4.79 Å². The molecule has 3 N–H and O–H groups in total. The molecule has 6 heteroatoms. The van der Waals surface area contributed by atoms with Crippen LogP contribution in [0.15, 0.2) is 18.2 Å². The first-order chi connectivity index (χ1) is 6.63. The Morgan fingerprint density at radius 2 is 2.21 bits per heavy atom. The summed E-state index contributed by atoms with van der Waals surface area (Å²) >= 11 is 11.5. The number of hydrogen-bond donors (Lipinski definition) is 2. The molecule has 0 aliphatic heterocycles. The van der Waals surface area contributed by atoms with Crippen LogP contribution in [0.1, 0.15) is 0 Å². The monoisotopic (exact) mass is 234 g/mol. The van der Waals surface area contributed by atoms with Crippen molar-refractivity contribution in [3.8, 4) is 0 Å². The Labute approximate surface area is 90.9 Å². The normalized spacial score (nSPS) is 9.93. The van der Waals surface area contributed by atoms with Gasteiger partial charge in [0.05, 0.1) is 10.7 Å². The van der Waals surface area contributed by atoms with Crippen molar-refractivity contribution >= 4 is 34.8 Å². The van der Waals surface area contributed by atoms with Crippen LogP contribution >= 0.6 is 23.2 Å². The maximum atomic E-state index is 11.1. The number of nitrogens with two attached hydrogens (primary N) is 1. The number of carbonyl (C=O) groups excluding carboxylic acids is 1. The third-order valence-corrected chi connectivity index (χ3v) is 1.98. The highest BCUT2D eigenvalue weighted by Gasteiger charge is 2.05. The lowest BCUT2D eigenvalue weighted by molar-refractivity contribution is -0.120. The number of carbonyl (C=O) groups is 1. The van der Waals surface area contributed by atoms with E-state index in [4.69, 9.17) is 29.1 Å². The Hall–Kier alpha value is -0.810. The van der Waals surface area contributed by atoms with Crippen LogP contribution in [-0.2, 0) is 9.63 Å². The summed E-state index contributed by atoms with van der Waals surface area (Å²) in [6.45, 7) is -0.233. The van der Waals surface area contributed by atoms with E-state index in [0.29, 0.717) is 15.7 Å². The van der Waals surface area contributed by atoms with Crippen molar-refractivity contribution in [3.05, 3.63) is 28.2 Å². The van der Waals surface area contributed by atoms with Gasteiger partial charge >= 0.3 is 0 Å². The van der Waals surface area contributed by atoms with Crippen molar-refractivity contribution in [2.24, 2.45) is 5.90 Å². The van der Waals surface area contributed by atoms with Gasteiger partial charge in [0.25, 0.3) is 5.91 Å². The van der Waals surface area contributed by atoms with Crippen molar-refractivity contribution in [2.45, 2.75) is 0 Å². The molecule has 4 nitrogen and oxygen atoms in total. The van der Waals surface area contributed by atoms with Gasteiger partial charge in [-0.05, 0) is 18.2 Å². The lowest BCUT2D eigenvalue weighted by atomic mass is 10.3. The van der Waals surface area contributed by atoms with Gasteiger partial charge in [0.1, 0.15) is 6.61 Å². The molecule has 0 heterocycles. The van der Waals surface area contributed by atoms with Crippen LogP contribution in [0.2, 0.25) is 10.0 Å². The van der Waals surface area contributed by atoms with Crippen molar-refractivity contribution in [1.29, 1.82) is 0 Å². The van der Waals surface area contributed by atoms with Crippen molar-refractivity contribution < 1.29 is 9.63 Å². The largest absolute Gasteiger partial charge is 0.323 e. The molecule has 0 aromatic heterocycles. The molecule has 0 atom stereocenters. The van der Waals surface area contributed by atoms with Crippen LogP contribution in [0.25, 0.3) is 0 Å². The summed E-state index contributed by atoms with van der Waals surface area (Å²) in [5.41, 5.74) is 0.432. The summed E-state index contributed by atoms with van der Waals surface area (Å²) < 4.78 is 0. The predicted molar refractivity (Wildman–Crippen MR) is 55.2 cm³/mol. The van der Waals surface area contributed by atoms with Crippen LogP contribution in [0, 0.1) is 0 Å². The number of hydrogen-bond acceptors (Lipinski definition) is 3. The van der Waals surface area contributed by atoms with Gasteiger partial charge in [-0.2, -0.15) is 0 Å². The van der Waals surface area contributed by atoms with Crippen molar-refractivity contribution in [3.63, 3.8) is 0 Å². The summed E-state index contributed by atoms with van der Waals surface area (Å²) in [5.74, 6) is 4.34. The topological polar surface area (TPSA) is 64.3 Å². The van der Waals surface area contributed by atoms with E-state index in [1.807, 2.05) is 0 Å². The molecule has 0 aliphatic rings. The lowest BCUT2D eigenvalue weighted by Crippen LogP contribution is -2.20. The first-order valence-corrected chi connectivity index (χ1v) is 4.45. The second-order valence-corrected chi connectivity index (χ2v) is 3.33. The molecule has 0 bridgehead atoms. The second-order valence-electron chi connectivity index (χ2n) is 2.48. The molecule has 0 aliphatic carbocycles. The minimum Gasteiger partial charge on any atom is -0.323 e. The SMILES string of the molecule is NOCC(=O)Nc1cc(Cl)ccc1Cl. The number of rotatable bonds is 3. The molecule has 0 saturated heterocycles. The molecule has 1 aromatic carbocycles. The molecule has 0 saturated carbocycles. The number of nitrogens with one attached hydrogen (secondary N) is 1. The molecule has 0 spiro atoms. The predicted octanol–water partition coefficient (Wildman–Crippen LogP) is 1.82. The fourth-order valence-electron chi connectivity index (χ4n) is 0.855. The standard InChI is InChI=1S/C8H8Cl2N2O2/c9-5-1-2-6(10)7(3-5)12-8(13)4-14-11/h1-3H,4,11H2,(H,12,13). The minimum atomic E-state index is -0.392. The fraction of sp³-hybridized carbons (Fsp3) is 0.125. The third-order valence-electron chi connectivity index (χ3n) is 1.42. The van der Waals surface area contributed by atoms with Crippen LogP contribution in [-0.4, -0.2) is 12.5 Å². The fourth-order valence-corrected chi connectivity index (χ4v) is 1.19. The van der Waals surface area contributed by atoms with Gasteiger partial charge in [-0.3, -0.25) is 9.63 Å². The average molecular weight is 235 g/mol. The average Bonchev–Trinajstić information content (AvgIpc) is 2.12. The Balaban J connectivity index is 2.75. The minimum absolute atomic E-state index is 0.233. The summed E-state index contributed by atoms with van der Waals surface area (Å²) in [6.07, 6.45) is 0. The number of halogens is 2. The summed E-state index contributed by atoms with van der Waals surface area (Å²) in [5, 5.41) is 3.38. The van der Waals surface area contributed by atoms with Gasteiger partial charge in [-0.15, -0.1) is 0 Å². The van der Waals surface area contributed by atoms with Gasteiger partial charge in [-0.1, -0.05) is 23.2 Å². The zero-order chi connectivity index (χ0) is 10.6. The zero-order valence-corrected chi connectivity index (χ0v) is 8.60. The number of benzene rings is 1. The molecule has 14 heavy (non-hydrogen) atoms. The molecule has 0 unspecified atom stereocenters. The van der Waals surface area contributed by atoms with E-state index in [1.54, 1.807) is 12.1 Å². The van der Waals surface area contributed by atoms with Crippen LogP contribution in [0.3, 0.4) is 0 Å². The summed E-state index contributed by atoms with van der Waals surface area (Å²) in [6, 6.07) is 4.75. The van der Waals surface area contributed by atoms with Crippen LogP contribution in [0.5, 0.6) is 0 Å². The molecule has 0 radical (unpaired) electrons. The number of anilines is 1. The molecule has 1 rings (SSSR count). The molecular formula is C8H8Cl2N2O2. The second kappa shape index (κ2) is 5.17. The quantitative estimate of drug-likeness (QED) is 0.785. The van der Waals surface area contributed by atoms with Gasteiger partial charge in [-0.25, -0.2) is 5.90 Å². The van der Waals surface area contributed by atoms with Crippen LogP contribution < -0.4 is 11.2 Å². The van der Waals surface area contributed by atoms with E-state index < -0.39 is 5.91 Å². The smallest absolute Gasteiger partial charge is 0.252 e.